The summed E-state index contributed by atoms with van der Waals surface area (Å²) in [4.78, 5) is 9.68. The van der Waals surface area contributed by atoms with E-state index in [4.69, 9.17) is 0 Å². The molecule has 0 aliphatic carbocycles. The van der Waals surface area contributed by atoms with Crippen LogP contribution in [0.3, 0.4) is 0 Å². The maximum atomic E-state index is 11.3. The van der Waals surface area contributed by atoms with E-state index in [1.54, 1.807) is 18.4 Å². The maximum absolute atomic E-state index is 11.3. The van der Waals surface area contributed by atoms with Gasteiger partial charge in [-0.1, -0.05) is 0 Å². The summed E-state index contributed by atoms with van der Waals surface area (Å²) in [5, 5.41) is 7.37. The van der Waals surface area contributed by atoms with Gasteiger partial charge in [-0.2, -0.15) is 0 Å². The lowest BCUT2D eigenvalue weighted by Crippen LogP contribution is -2.52. The summed E-state index contributed by atoms with van der Waals surface area (Å²) in [7, 11) is -1.57. The molecule has 1 aromatic heterocycles. The molecule has 1 heterocycles. The van der Waals surface area contributed by atoms with Gasteiger partial charge in [0.2, 0.25) is 10.0 Å². The van der Waals surface area contributed by atoms with Crippen molar-refractivity contribution in [3.8, 4) is 0 Å². The van der Waals surface area contributed by atoms with Gasteiger partial charge in [0, 0.05) is 24.0 Å². The van der Waals surface area contributed by atoms with E-state index in [0.29, 0.717) is 19.0 Å². The summed E-state index contributed by atoms with van der Waals surface area (Å²) < 4.78 is 25.2. The van der Waals surface area contributed by atoms with Gasteiger partial charge in [0.15, 0.2) is 5.96 Å². The van der Waals surface area contributed by atoms with Crippen LogP contribution >= 0.6 is 11.3 Å². The molecule has 0 spiro atoms. The van der Waals surface area contributed by atoms with Gasteiger partial charge in [-0.3, -0.25) is 4.99 Å². The number of sulfonamides is 1. The SMILES string of the molecule is CN=C(NCc1sc(C)nc1C)NCC(C)(C)NS(C)(=O)=O. The number of hydrogen-bond donors (Lipinski definition) is 3. The Morgan fingerprint density at radius 3 is 2.41 bits per heavy atom. The smallest absolute Gasteiger partial charge is 0.209 e. The van der Waals surface area contributed by atoms with Gasteiger partial charge in [-0.15, -0.1) is 11.3 Å². The quantitative estimate of drug-likeness (QED) is 0.521. The topological polar surface area (TPSA) is 95.5 Å². The average molecular weight is 348 g/mol. The Kier molecular flexibility index (Phi) is 6.33. The molecule has 126 valence electrons. The molecule has 1 rings (SSSR count). The van der Waals surface area contributed by atoms with Crippen LogP contribution in [0.2, 0.25) is 0 Å². The Morgan fingerprint density at radius 2 is 1.95 bits per heavy atom. The van der Waals surface area contributed by atoms with Crippen molar-refractivity contribution in [1.82, 2.24) is 20.3 Å². The van der Waals surface area contributed by atoms with Crippen molar-refractivity contribution in [2.45, 2.75) is 39.8 Å². The summed E-state index contributed by atoms with van der Waals surface area (Å²) in [6.07, 6.45) is 1.15. The average Bonchev–Trinajstić information content (AvgIpc) is 2.65. The fraction of sp³-hybridized carbons (Fsp3) is 0.692. The second-order valence-corrected chi connectivity index (χ2v) is 8.82. The predicted molar refractivity (Wildman–Crippen MR) is 91.8 cm³/mol. The molecule has 0 saturated carbocycles. The van der Waals surface area contributed by atoms with Crippen LogP contribution in [0.1, 0.15) is 29.4 Å². The first-order valence-electron chi connectivity index (χ1n) is 6.89. The summed E-state index contributed by atoms with van der Waals surface area (Å²) in [6, 6.07) is 0. The molecule has 0 radical (unpaired) electrons. The van der Waals surface area contributed by atoms with Crippen molar-refractivity contribution in [2.24, 2.45) is 4.99 Å². The van der Waals surface area contributed by atoms with Crippen molar-refractivity contribution >= 4 is 27.3 Å². The Balaban J connectivity index is 2.54. The molecular formula is C13H25N5O2S2. The highest BCUT2D eigenvalue weighted by molar-refractivity contribution is 7.88. The zero-order valence-electron chi connectivity index (χ0n) is 13.9. The lowest BCUT2D eigenvalue weighted by Gasteiger charge is -2.26. The second kappa shape index (κ2) is 7.38. The van der Waals surface area contributed by atoms with Gasteiger partial charge in [0.1, 0.15) is 0 Å². The van der Waals surface area contributed by atoms with Gasteiger partial charge >= 0.3 is 0 Å². The molecule has 7 nitrogen and oxygen atoms in total. The summed E-state index contributed by atoms with van der Waals surface area (Å²) in [6.45, 7) is 8.64. The molecule has 1 aromatic rings. The fourth-order valence-electron chi connectivity index (χ4n) is 1.96. The minimum absolute atomic E-state index is 0.417. The first kappa shape index (κ1) is 18.9. The number of aliphatic imine (C=N–C) groups is 1. The molecule has 0 aliphatic rings. The zero-order chi connectivity index (χ0) is 17.0. The van der Waals surface area contributed by atoms with Crippen molar-refractivity contribution in [3.63, 3.8) is 0 Å². The second-order valence-electron chi connectivity index (χ2n) is 5.78. The van der Waals surface area contributed by atoms with E-state index in [1.807, 2.05) is 27.7 Å². The molecule has 0 saturated heterocycles. The van der Waals surface area contributed by atoms with Crippen molar-refractivity contribution < 1.29 is 8.42 Å². The number of aryl methyl sites for hydroxylation is 2. The maximum Gasteiger partial charge on any atom is 0.209 e. The highest BCUT2D eigenvalue weighted by Crippen LogP contribution is 2.16. The third-order valence-electron chi connectivity index (χ3n) is 2.80. The van der Waals surface area contributed by atoms with E-state index in [1.165, 1.54) is 0 Å². The van der Waals surface area contributed by atoms with Crippen LogP contribution in [-0.4, -0.2) is 44.7 Å². The van der Waals surface area contributed by atoms with E-state index in [2.05, 4.69) is 25.3 Å². The summed E-state index contributed by atoms with van der Waals surface area (Å²) >= 11 is 1.65. The zero-order valence-corrected chi connectivity index (χ0v) is 15.6. The van der Waals surface area contributed by atoms with E-state index in [9.17, 15) is 8.42 Å². The number of aromatic nitrogens is 1. The number of nitrogens with one attached hydrogen (secondary N) is 3. The number of thiazole rings is 1. The van der Waals surface area contributed by atoms with Crippen LogP contribution in [0.15, 0.2) is 4.99 Å². The van der Waals surface area contributed by atoms with Gasteiger partial charge < -0.3 is 10.6 Å². The largest absolute Gasteiger partial charge is 0.355 e. The van der Waals surface area contributed by atoms with Gasteiger partial charge in [-0.05, 0) is 27.7 Å². The fourth-order valence-corrected chi connectivity index (χ4v) is 3.92. The first-order chi connectivity index (χ1) is 10.0. The van der Waals surface area contributed by atoms with Crippen molar-refractivity contribution in [1.29, 1.82) is 0 Å². The lowest BCUT2D eigenvalue weighted by atomic mass is 10.1. The van der Waals surface area contributed by atoms with Gasteiger partial charge in [0.05, 0.1) is 23.5 Å². The van der Waals surface area contributed by atoms with Crippen LogP contribution < -0.4 is 15.4 Å². The standard InChI is InChI=1S/C13H25N5O2S2/c1-9-11(21-10(2)17-9)7-15-12(14-5)16-8-13(3,4)18-22(6,19)20/h18H,7-8H2,1-6H3,(H2,14,15,16). The monoisotopic (exact) mass is 347 g/mol. The van der Waals surface area contributed by atoms with Crippen LogP contribution in [-0.2, 0) is 16.6 Å². The highest BCUT2D eigenvalue weighted by atomic mass is 32.2. The number of rotatable bonds is 6. The first-order valence-corrected chi connectivity index (χ1v) is 9.59. The number of hydrogen-bond acceptors (Lipinski definition) is 5. The van der Waals surface area contributed by atoms with Crippen LogP contribution in [0.5, 0.6) is 0 Å². The minimum atomic E-state index is -3.25. The van der Waals surface area contributed by atoms with E-state index in [-0.39, 0.29) is 0 Å². The van der Waals surface area contributed by atoms with Crippen molar-refractivity contribution in [3.05, 3.63) is 15.6 Å². The molecule has 0 amide bonds. The van der Waals surface area contributed by atoms with E-state index < -0.39 is 15.6 Å². The number of guanidine groups is 1. The van der Waals surface area contributed by atoms with Gasteiger partial charge in [-0.25, -0.2) is 18.1 Å². The molecular weight excluding hydrogens is 322 g/mol. The Hall–Kier alpha value is -1.19. The minimum Gasteiger partial charge on any atom is -0.355 e. The molecule has 0 bridgehead atoms. The molecule has 0 fully saturated rings. The highest BCUT2D eigenvalue weighted by Gasteiger charge is 2.22. The number of nitrogens with zero attached hydrogens (tertiary/aromatic N) is 2. The molecule has 0 unspecified atom stereocenters. The molecule has 0 aromatic carbocycles. The van der Waals surface area contributed by atoms with Crippen molar-refractivity contribution in [2.75, 3.05) is 19.8 Å². The van der Waals surface area contributed by atoms with Gasteiger partial charge in [0.25, 0.3) is 0 Å². The molecule has 0 atom stereocenters. The Bertz CT molecular complexity index is 635. The van der Waals surface area contributed by atoms with Crippen LogP contribution in [0, 0.1) is 13.8 Å². The summed E-state index contributed by atoms with van der Waals surface area (Å²) in [5.41, 5.74) is 0.409. The molecule has 0 aliphatic heterocycles. The van der Waals surface area contributed by atoms with E-state index >= 15 is 0 Å². The molecule has 9 heteroatoms. The van der Waals surface area contributed by atoms with Crippen LogP contribution in [0.4, 0.5) is 0 Å². The predicted octanol–water partition coefficient (Wildman–Crippen LogP) is 0.753. The lowest BCUT2D eigenvalue weighted by molar-refractivity contribution is 0.446. The summed E-state index contributed by atoms with van der Waals surface area (Å²) in [5.74, 6) is 0.619. The van der Waals surface area contributed by atoms with Crippen LogP contribution in [0.25, 0.3) is 0 Å². The normalized spacial score (nSPS) is 13.3. The van der Waals surface area contributed by atoms with E-state index in [0.717, 1.165) is 21.8 Å². The molecule has 3 N–H and O–H groups in total. The third-order valence-corrected chi connectivity index (χ3v) is 4.80. The third kappa shape index (κ3) is 6.71. The molecule has 22 heavy (non-hydrogen) atoms. The Morgan fingerprint density at radius 1 is 1.32 bits per heavy atom. The Labute approximate surface area is 136 Å².